The molecule has 1 aromatic rings. The molecule has 2 saturated carbocycles. The number of rotatable bonds is 5. The van der Waals surface area contributed by atoms with E-state index >= 15 is 0 Å². The van der Waals surface area contributed by atoms with E-state index in [-0.39, 0.29) is 51.8 Å². The highest BCUT2D eigenvalue weighted by Crippen LogP contribution is 2.52. The molecule has 6 heteroatoms. The van der Waals surface area contributed by atoms with E-state index in [4.69, 9.17) is 0 Å². The molecule has 0 spiro atoms. The number of nitrogens with one attached hydrogen (secondary N) is 1. The molecule has 0 radical (unpaired) electrons. The highest BCUT2D eigenvalue weighted by molar-refractivity contribution is 5.99. The Hall–Kier alpha value is -2.11. The molecule has 176 valence electrons. The maximum atomic E-state index is 13.8. The van der Waals surface area contributed by atoms with E-state index in [2.05, 4.69) is 26.1 Å². The van der Waals surface area contributed by atoms with Crippen LogP contribution >= 0.6 is 0 Å². The molecule has 4 rings (SSSR count). The van der Waals surface area contributed by atoms with Crippen LogP contribution in [0.15, 0.2) is 17.2 Å². The topological polar surface area (TPSA) is 71.4 Å². The first kappa shape index (κ1) is 23.1. The van der Waals surface area contributed by atoms with Gasteiger partial charge in [0.2, 0.25) is 5.43 Å². The van der Waals surface area contributed by atoms with Crippen LogP contribution in [0.25, 0.3) is 0 Å². The molecule has 1 saturated heterocycles. The average Bonchev–Trinajstić information content (AvgIpc) is 3.31. The van der Waals surface area contributed by atoms with Crippen LogP contribution in [0.1, 0.15) is 106 Å². The van der Waals surface area contributed by atoms with Gasteiger partial charge in [-0.2, -0.15) is 0 Å². The molecule has 2 aliphatic carbocycles. The van der Waals surface area contributed by atoms with Crippen LogP contribution in [-0.4, -0.2) is 40.4 Å². The van der Waals surface area contributed by atoms with Gasteiger partial charge in [0.15, 0.2) is 0 Å². The van der Waals surface area contributed by atoms with E-state index < -0.39 is 5.43 Å². The lowest BCUT2D eigenvalue weighted by molar-refractivity contribution is 0.0705. The number of hydrogen-bond donors (Lipinski definition) is 1. The molecule has 2 bridgehead atoms. The number of hydrogen-bond acceptors (Lipinski definition) is 3. The lowest BCUT2D eigenvalue weighted by Gasteiger charge is -2.39. The number of carbonyl (C=O) groups excluding carboxylic acids is 2. The van der Waals surface area contributed by atoms with E-state index in [9.17, 15) is 14.4 Å². The lowest BCUT2D eigenvalue weighted by atomic mass is 9.65. The highest BCUT2D eigenvalue weighted by Gasteiger charge is 2.51. The third-order valence-electron chi connectivity index (χ3n) is 7.61. The van der Waals surface area contributed by atoms with Gasteiger partial charge in [-0.05, 0) is 48.9 Å². The summed E-state index contributed by atoms with van der Waals surface area (Å²) in [4.78, 5) is 42.0. The van der Waals surface area contributed by atoms with Gasteiger partial charge in [-0.25, -0.2) is 0 Å². The van der Waals surface area contributed by atoms with Gasteiger partial charge in [0.25, 0.3) is 11.8 Å². The van der Waals surface area contributed by atoms with Gasteiger partial charge in [0.05, 0.1) is 0 Å². The molecule has 2 heterocycles. The van der Waals surface area contributed by atoms with Crippen molar-refractivity contribution in [3.05, 3.63) is 33.7 Å². The third kappa shape index (κ3) is 4.51. The molecule has 1 aromatic heterocycles. The normalized spacial score (nSPS) is 27.2. The number of likely N-dealkylation sites (tertiary alicyclic amines) is 1. The van der Waals surface area contributed by atoms with Crippen molar-refractivity contribution in [1.82, 2.24) is 14.8 Å². The van der Waals surface area contributed by atoms with Crippen molar-refractivity contribution in [2.45, 2.75) is 91.6 Å². The first-order valence-electron chi connectivity index (χ1n) is 12.3. The minimum atomic E-state index is -0.434. The first-order chi connectivity index (χ1) is 15.0. The second kappa shape index (κ2) is 8.35. The molecule has 3 fully saturated rings. The van der Waals surface area contributed by atoms with Crippen molar-refractivity contribution in [3.63, 3.8) is 0 Å². The first-order valence-corrected chi connectivity index (χ1v) is 12.3. The Bertz CT molecular complexity index is 958. The van der Waals surface area contributed by atoms with Crippen LogP contribution in [0, 0.1) is 16.7 Å². The second-order valence-corrected chi connectivity index (χ2v) is 12.1. The van der Waals surface area contributed by atoms with E-state index in [0.717, 1.165) is 44.9 Å². The van der Waals surface area contributed by atoms with Gasteiger partial charge in [-0.3, -0.25) is 14.4 Å². The van der Waals surface area contributed by atoms with Gasteiger partial charge in [0.1, 0.15) is 11.1 Å². The number of aromatic nitrogens is 1. The Morgan fingerprint density at radius 2 is 1.72 bits per heavy atom. The maximum absolute atomic E-state index is 13.8. The van der Waals surface area contributed by atoms with Crippen molar-refractivity contribution in [3.8, 4) is 0 Å². The molecule has 0 aromatic carbocycles. The highest BCUT2D eigenvalue weighted by atomic mass is 16.2. The van der Waals surface area contributed by atoms with Gasteiger partial charge >= 0.3 is 0 Å². The number of pyridine rings is 1. The maximum Gasteiger partial charge on any atom is 0.259 e. The second-order valence-electron chi connectivity index (χ2n) is 12.1. The van der Waals surface area contributed by atoms with Crippen molar-refractivity contribution in [2.75, 3.05) is 13.1 Å². The Morgan fingerprint density at radius 1 is 1.06 bits per heavy atom. The average molecular weight is 442 g/mol. The summed E-state index contributed by atoms with van der Waals surface area (Å²) in [6.07, 6.45) is 10.8. The summed E-state index contributed by atoms with van der Waals surface area (Å²) in [5.41, 5.74) is 0.102. The molecule has 2 atom stereocenters. The summed E-state index contributed by atoms with van der Waals surface area (Å²) in [5, 5.41) is 2.87. The number of carbonyl (C=O) groups is 2. The minimum Gasteiger partial charge on any atom is -0.352 e. The largest absolute Gasteiger partial charge is 0.352 e. The molecule has 32 heavy (non-hydrogen) atoms. The number of fused-ring (bicyclic) bond motifs is 2. The summed E-state index contributed by atoms with van der Waals surface area (Å²) in [5.74, 6) is -0.293. The summed E-state index contributed by atoms with van der Waals surface area (Å²) in [6, 6.07) is 0.405. The summed E-state index contributed by atoms with van der Waals surface area (Å²) >= 11 is 0. The van der Waals surface area contributed by atoms with Crippen LogP contribution < -0.4 is 10.7 Å². The van der Waals surface area contributed by atoms with Crippen molar-refractivity contribution >= 4 is 11.8 Å². The van der Waals surface area contributed by atoms with E-state index in [1.807, 2.05) is 23.3 Å². The summed E-state index contributed by atoms with van der Waals surface area (Å²) in [6.45, 7) is 12.0. The van der Waals surface area contributed by atoms with Crippen LogP contribution in [0.2, 0.25) is 0 Å². The zero-order valence-electron chi connectivity index (χ0n) is 20.4. The number of nitrogens with zero attached hydrogens (tertiary/aromatic N) is 2. The molecule has 1 aliphatic heterocycles. The summed E-state index contributed by atoms with van der Waals surface area (Å²) < 4.78 is 1.97. The van der Waals surface area contributed by atoms with E-state index in [1.165, 1.54) is 0 Å². The van der Waals surface area contributed by atoms with E-state index in [1.54, 1.807) is 12.4 Å². The fourth-order valence-corrected chi connectivity index (χ4v) is 6.57. The Balaban J connectivity index is 1.70. The standard InChI is InChI=1S/C26H39N3O3/c1-17(2)12-27-23(31)20-13-28(18-8-6-7-9-18)14-21(22(20)30)24(32)29-16-26(5)11-19(29)10-25(3,4)15-26/h13-14,17-19H,6-12,15-16H2,1-5H3,(H,27,31)/t19-,26-/m0/s1. The minimum absolute atomic E-state index is 0.0945. The smallest absolute Gasteiger partial charge is 0.259 e. The fraction of sp³-hybridized carbons (Fsp3) is 0.731. The zero-order valence-corrected chi connectivity index (χ0v) is 20.4. The van der Waals surface area contributed by atoms with Crippen LogP contribution in [-0.2, 0) is 0 Å². The molecule has 6 nitrogen and oxygen atoms in total. The molecule has 2 amide bonds. The lowest BCUT2D eigenvalue weighted by Crippen LogP contribution is -2.41. The molecular weight excluding hydrogens is 402 g/mol. The van der Waals surface area contributed by atoms with Crippen LogP contribution in [0.4, 0.5) is 0 Å². The Labute approximate surface area is 191 Å². The quantitative estimate of drug-likeness (QED) is 0.737. The Kier molecular flexibility index (Phi) is 6.01. The molecule has 1 N–H and O–H groups in total. The third-order valence-corrected chi connectivity index (χ3v) is 7.61. The molecule has 0 unspecified atom stereocenters. The van der Waals surface area contributed by atoms with Crippen molar-refractivity contribution in [1.29, 1.82) is 0 Å². The van der Waals surface area contributed by atoms with Gasteiger partial charge < -0.3 is 14.8 Å². The summed E-state index contributed by atoms with van der Waals surface area (Å²) in [7, 11) is 0. The number of amides is 2. The van der Waals surface area contributed by atoms with Crippen molar-refractivity contribution in [2.24, 2.45) is 16.7 Å². The SMILES string of the molecule is CC(C)CNC(=O)c1cn(C2CCCC2)cc(C(=O)N2C[C@@]3(C)C[C@@H]2CC(C)(C)C3)c1=O. The predicted molar refractivity (Wildman–Crippen MR) is 126 cm³/mol. The van der Waals surface area contributed by atoms with Gasteiger partial charge in [0, 0.05) is 37.6 Å². The van der Waals surface area contributed by atoms with Gasteiger partial charge in [-0.15, -0.1) is 0 Å². The van der Waals surface area contributed by atoms with Crippen LogP contribution in [0.5, 0.6) is 0 Å². The van der Waals surface area contributed by atoms with Crippen molar-refractivity contribution < 1.29 is 9.59 Å². The zero-order chi connectivity index (χ0) is 23.3. The van der Waals surface area contributed by atoms with Gasteiger partial charge in [-0.1, -0.05) is 47.5 Å². The molecule has 3 aliphatic rings. The fourth-order valence-electron chi connectivity index (χ4n) is 6.57. The molecular formula is C26H39N3O3. The Morgan fingerprint density at radius 3 is 2.38 bits per heavy atom. The predicted octanol–water partition coefficient (Wildman–Crippen LogP) is 4.39. The van der Waals surface area contributed by atoms with E-state index in [0.29, 0.717) is 13.1 Å². The monoisotopic (exact) mass is 441 g/mol. The van der Waals surface area contributed by atoms with Crippen LogP contribution in [0.3, 0.4) is 0 Å².